The quantitative estimate of drug-likeness (QED) is 0.529. The van der Waals surface area contributed by atoms with Crippen molar-refractivity contribution in [3.63, 3.8) is 0 Å². The predicted octanol–water partition coefficient (Wildman–Crippen LogP) is -0.0452. The first-order valence-electron chi connectivity index (χ1n) is 2.76. The van der Waals surface area contributed by atoms with E-state index >= 15 is 0 Å². The molecule has 0 fully saturated rings. The molecule has 0 aromatic carbocycles. The van der Waals surface area contributed by atoms with E-state index in [1.807, 2.05) is 0 Å². The number of aliphatic hydroxyl groups excluding tert-OH is 2. The van der Waals surface area contributed by atoms with Crippen LogP contribution in [0.3, 0.4) is 0 Å². The fourth-order valence-electron chi connectivity index (χ4n) is 0. The number of carbonyl (C=O) groups is 1. The Morgan fingerprint density at radius 3 is 1.67 bits per heavy atom. The highest BCUT2D eigenvalue weighted by molar-refractivity contribution is 5.72. The van der Waals surface area contributed by atoms with Gasteiger partial charge < -0.3 is 15.0 Å². The Hall–Kier alpha value is -0.410. The van der Waals surface area contributed by atoms with E-state index in [-0.39, 0.29) is 12.4 Å². The van der Waals surface area contributed by atoms with Crippen molar-refractivity contribution < 1.29 is 15.0 Å². The summed E-state index contributed by atoms with van der Waals surface area (Å²) in [6, 6.07) is 0. The monoisotopic (exact) mass is 134 g/mol. The molecule has 3 nitrogen and oxygen atoms in total. The van der Waals surface area contributed by atoms with Crippen LogP contribution in [0, 0.1) is 0 Å². The zero-order chi connectivity index (χ0) is 7.86. The number of carbonyl (C=O) groups excluding carboxylic acids is 1. The SMILES string of the molecule is CC(C)=O.CC(O)CO. The highest BCUT2D eigenvalue weighted by Gasteiger charge is 1.83. The zero-order valence-electron chi connectivity index (χ0n) is 6.09. The van der Waals surface area contributed by atoms with E-state index < -0.39 is 6.10 Å². The van der Waals surface area contributed by atoms with Gasteiger partial charge >= 0.3 is 0 Å². The van der Waals surface area contributed by atoms with E-state index in [9.17, 15) is 4.79 Å². The third-order valence-corrected chi connectivity index (χ3v) is 0.264. The molecule has 0 radical (unpaired) electrons. The third kappa shape index (κ3) is 93.8. The molecule has 0 heterocycles. The van der Waals surface area contributed by atoms with Crippen LogP contribution in [0.5, 0.6) is 0 Å². The minimum Gasteiger partial charge on any atom is -0.394 e. The number of ketones is 1. The van der Waals surface area contributed by atoms with Gasteiger partial charge in [0.2, 0.25) is 0 Å². The summed E-state index contributed by atoms with van der Waals surface area (Å²) in [6.45, 7) is 4.44. The van der Waals surface area contributed by atoms with E-state index in [1.165, 1.54) is 20.8 Å². The fraction of sp³-hybridized carbons (Fsp3) is 0.833. The largest absolute Gasteiger partial charge is 0.394 e. The summed E-state index contributed by atoms with van der Waals surface area (Å²) < 4.78 is 0. The molecule has 3 heteroatoms. The van der Waals surface area contributed by atoms with Crippen molar-refractivity contribution in [2.45, 2.75) is 26.9 Å². The van der Waals surface area contributed by atoms with Gasteiger partial charge in [0, 0.05) is 0 Å². The lowest BCUT2D eigenvalue weighted by atomic mass is 10.5. The Morgan fingerprint density at radius 2 is 1.67 bits per heavy atom. The summed E-state index contributed by atoms with van der Waals surface area (Å²) in [4.78, 5) is 9.44. The first-order chi connectivity index (χ1) is 4.00. The second-order valence-electron chi connectivity index (χ2n) is 1.94. The first-order valence-corrected chi connectivity index (χ1v) is 2.76. The van der Waals surface area contributed by atoms with Crippen molar-refractivity contribution >= 4 is 5.78 Å². The van der Waals surface area contributed by atoms with Crippen LogP contribution in [0.2, 0.25) is 0 Å². The van der Waals surface area contributed by atoms with Gasteiger partial charge in [0.1, 0.15) is 5.78 Å². The Balaban J connectivity index is 0. The highest BCUT2D eigenvalue weighted by Crippen LogP contribution is 1.68. The molecule has 0 saturated heterocycles. The summed E-state index contributed by atoms with van der Waals surface area (Å²) in [6.07, 6.45) is -0.560. The van der Waals surface area contributed by atoms with E-state index in [1.54, 1.807) is 0 Å². The molecule has 0 rings (SSSR count). The molecular formula is C6H14O3. The maximum Gasteiger partial charge on any atom is 0.126 e. The summed E-state index contributed by atoms with van der Waals surface area (Å²) in [5.41, 5.74) is 0. The molecule has 2 N–H and O–H groups in total. The van der Waals surface area contributed by atoms with Crippen molar-refractivity contribution in [3.05, 3.63) is 0 Å². The average molecular weight is 134 g/mol. The van der Waals surface area contributed by atoms with Crippen LogP contribution in [0.4, 0.5) is 0 Å². The van der Waals surface area contributed by atoms with Gasteiger partial charge in [-0.3, -0.25) is 0 Å². The summed E-state index contributed by atoms with van der Waals surface area (Å²) in [5, 5.41) is 16.0. The second kappa shape index (κ2) is 7.59. The van der Waals surface area contributed by atoms with Gasteiger partial charge in [-0.1, -0.05) is 0 Å². The summed E-state index contributed by atoms with van der Waals surface area (Å²) >= 11 is 0. The van der Waals surface area contributed by atoms with Crippen molar-refractivity contribution in [1.29, 1.82) is 0 Å². The molecular weight excluding hydrogens is 120 g/mol. The Kier molecular flexibility index (Phi) is 9.61. The van der Waals surface area contributed by atoms with Gasteiger partial charge in [-0.2, -0.15) is 0 Å². The Labute approximate surface area is 55.3 Å². The molecule has 56 valence electrons. The van der Waals surface area contributed by atoms with Crippen molar-refractivity contribution in [1.82, 2.24) is 0 Å². The number of hydrogen-bond donors (Lipinski definition) is 2. The van der Waals surface area contributed by atoms with Crippen LogP contribution in [0.1, 0.15) is 20.8 Å². The van der Waals surface area contributed by atoms with Gasteiger partial charge in [0.25, 0.3) is 0 Å². The molecule has 0 aliphatic heterocycles. The lowest BCUT2D eigenvalue weighted by Gasteiger charge is -1.90. The molecule has 0 saturated carbocycles. The van der Waals surface area contributed by atoms with E-state index in [0.29, 0.717) is 0 Å². The molecule has 0 bridgehead atoms. The molecule has 0 amide bonds. The highest BCUT2D eigenvalue weighted by atomic mass is 16.3. The van der Waals surface area contributed by atoms with E-state index in [4.69, 9.17) is 10.2 Å². The lowest BCUT2D eigenvalue weighted by Crippen LogP contribution is -2.03. The smallest absolute Gasteiger partial charge is 0.126 e. The lowest BCUT2D eigenvalue weighted by molar-refractivity contribution is -0.114. The van der Waals surface area contributed by atoms with Gasteiger partial charge in [0.15, 0.2) is 0 Å². The van der Waals surface area contributed by atoms with Gasteiger partial charge in [0.05, 0.1) is 12.7 Å². The van der Waals surface area contributed by atoms with Crippen LogP contribution in [0.15, 0.2) is 0 Å². The van der Waals surface area contributed by atoms with Crippen molar-refractivity contribution in [2.75, 3.05) is 6.61 Å². The molecule has 0 aromatic heterocycles. The van der Waals surface area contributed by atoms with Gasteiger partial charge in [-0.05, 0) is 20.8 Å². The maximum atomic E-state index is 9.44. The van der Waals surface area contributed by atoms with Crippen LogP contribution < -0.4 is 0 Å². The van der Waals surface area contributed by atoms with Crippen molar-refractivity contribution in [3.8, 4) is 0 Å². The van der Waals surface area contributed by atoms with Crippen LogP contribution in [0.25, 0.3) is 0 Å². The predicted molar refractivity (Wildman–Crippen MR) is 35.1 cm³/mol. The molecule has 9 heavy (non-hydrogen) atoms. The molecule has 0 aliphatic carbocycles. The van der Waals surface area contributed by atoms with Crippen LogP contribution in [-0.4, -0.2) is 28.7 Å². The Bertz CT molecular complexity index is 64.7. The third-order valence-electron chi connectivity index (χ3n) is 0.264. The number of hydrogen-bond acceptors (Lipinski definition) is 3. The van der Waals surface area contributed by atoms with Crippen LogP contribution in [-0.2, 0) is 4.79 Å². The number of aliphatic hydroxyl groups is 2. The molecule has 1 atom stereocenters. The van der Waals surface area contributed by atoms with E-state index in [0.717, 1.165) is 0 Å². The van der Waals surface area contributed by atoms with Crippen LogP contribution >= 0.6 is 0 Å². The molecule has 0 aromatic rings. The summed E-state index contributed by atoms with van der Waals surface area (Å²) in [7, 11) is 0. The minimum atomic E-state index is -0.560. The number of Topliss-reactive ketones (excluding diaryl/α,β-unsaturated/α-hetero) is 1. The minimum absolute atomic E-state index is 0.139. The van der Waals surface area contributed by atoms with Gasteiger partial charge in [-0.15, -0.1) is 0 Å². The first kappa shape index (κ1) is 11.4. The number of rotatable bonds is 1. The van der Waals surface area contributed by atoms with E-state index in [2.05, 4.69) is 0 Å². The Morgan fingerprint density at radius 1 is 1.56 bits per heavy atom. The fourth-order valence-corrected chi connectivity index (χ4v) is 0. The normalized spacial score (nSPS) is 11.2. The summed E-state index contributed by atoms with van der Waals surface area (Å²) in [5.74, 6) is 0.167. The standard InChI is InChI=1S/C3H8O2.C3H6O/c1-3(5)2-4;1-3(2)4/h3-5H,2H2,1H3;1-2H3. The zero-order valence-corrected chi connectivity index (χ0v) is 6.09. The average Bonchev–Trinajstić information content (AvgIpc) is 1.65. The molecule has 0 spiro atoms. The maximum absolute atomic E-state index is 9.44. The topological polar surface area (TPSA) is 57.5 Å². The molecule has 1 unspecified atom stereocenters. The second-order valence-corrected chi connectivity index (χ2v) is 1.94. The molecule has 0 aliphatic rings. The van der Waals surface area contributed by atoms with Crippen molar-refractivity contribution in [2.24, 2.45) is 0 Å². The van der Waals surface area contributed by atoms with Gasteiger partial charge in [-0.25, -0.2) is 0 Å².